The molecule has 0 aliphatic heterocycles. The topological polar surface area (TPSA) is 83.8 Å². The molecule has 0 aliphatic carbocycles. The minimum absolute atomic E-state index is 0. The van der Waals surface area contributed by atoms with Crippen LogP contribution in [0.5, 0.6) is 0 Å². The molecule has 0 aromatic heterocycles. The van der Waals surface area contributed by atoms with Crippen LogP contribution >= 0.6 is 24.8 Å². The van der Waals surface area contributed by atoms with Gasteiger partial charge in [0, 0.05) is 0 Å². The third kappa shape index (κ3) is 16.1. The first kappa shape index (κ1) is 15.8. The average Bonchev–Trinajstić information content (AvgIpc) is 1.35. The van der Waals surface area contributed by atoms with Gasteiger partial charge in [-0.15, -0.1) is 24.8 Å². The highest BCUT2D eigenvalue weighted by Gasteiger charge is 1.97. The fraction of sp³-hybridized carbons (Fsp3) is 0. The van der Waals surface area contributed by atoms with E-state index in [0.29, 0.717) is 0 Å². The molecule has 0 saturated carbocycles. The van der Waals surface area contributed by atoms with Gasteiger partial charge in [0.25, 0.3) is 0 Å². The van der Waals surface area contributed by atoms with E-state index in [9.17, 15) is 0 Å². The molecule has 0 aliphatic rings. The Hall–Kier alpha value is 0.410. The van der Waals surface area contributed by atoms with Crippen LogP contribution < -0.4 is 0 Å². The molecule has 0 atom stereocenters. The van der Waals surface area contributed by atoms with Gasteiger partial charge >= 0.3 is 10.4 Å². The van der Waals surface area contributed by atoms with E-state index in [1.54, 1.807) is 0 Å². The van der Waals surface area contributed by atoms with Crippen molar-refractivity contribution in [3.8, 4) is 0 Å². The van der Waals surface area contributed by atoms with Crippen LogP contribution in [0.25, 0.3) is 0 Å². The van der Waals surface area contributed by atoms with Crippen LogP contribution in [-0.2, 0) is 14.7 Å². The molecule has 0 aromatic rings. The van der Waals surface area contributed by atoms with Gasteiger partial charge in [-0.25, -0.2) is 5.26 Å². The highest BCUT2D eigenvalue weighted by Crippen LogP contribution is 1.74. The van der Waals surface area contributed by atoms with Crippen molar-refractivity contribution >= 4 is 35.2 Å². The second-order valence-corrected chi connectivity index (χ2v) is 1.51. The van der Waals surface area contributed by atoms with Gasteiger partial charge in [-0.3, -0.25) is 4.55 Å². The quantitative estimate of drug-likeness (QED) is 0.346. The van der Waals surface area contributed by atoms with E-state index in [4.69, 9.17) is 18.2 Å². The van der Waals surface area contributed by atoms with Crippen LogP contribution in [0.2, 0.25) is 0 Å². The first-order valence-corrected chi connectivity index (χ1v) is 2.23. The third-order valence-corrected chi connectivity index (χ3v) is 0.283. The second kappa shape index (κ2) is 5.54. The van der Waals surface area contributed by atoms with Gasteiger partial charge in [-0.05, 0) is 0 Å². The van der Waals surface area contributed by atoms with Crippen molar-refractivity contribution in [1.29, 1.82) is 0 Å². The Kier molecular flexibility index (Phi) is 10.9. The standard InChI is InChI=1S/2ClH.H2O5S/c;;1-5-6(2,3)4/h2*1H;1H,(H,2,3,4). The zero-order valence-electron chi connectivity index (χ0n) is 3.34. The Bertz CT molecular complexity index is 112. The number of hydrogen-bond acceptors (Lipinski definition) is 4. The van der Waals surface area contributed by atoms with Gasteiger partial charge in [0.15, 0.2) is 0 Å². The summed E-state index contributed by atoms with van der Waals surface area (Å²) in [5.41, 5.74) is 0. The van der Waals surface area contributed by atoms with Gasteiger partial charge < -0.3 is 0 Å². The zero-order valence-corrected chi connectivity index (χ0v) is 5.79. The summed E-state index contributed by atoms with van der Waals surface area (Å²) in [6.45, 7) is 0. The highest BCUT2D eigenvalue weighted by atomic mass is 35.5. The van der Waals surface area contributed by atoms with Crippen LogP contribution in [0.15, 0.2) is 0 Å². The molecular weight excluding hydrogens is 183 g/mol. The van der Waals surface area contributed by atoms with E-state index in [-0.39, 0.29) is 24.8 Å². The molecule has 0 aromatic carbocycles. The lowest BCUT2D eigenvalue weighted by Gasteiger charge is -1.79. The predicted octanol–water partition coefficient (Wildman–Crippen LogP) is 0.122. The molecule has 8 heavy (non-hydrogen) atoms. The summed E-state index contributed by atoms with van der Waals surface area (Å²) in [6, 6.07) is 0. The summed E-state index contributed by atoms with van der Waals surface area (Å²) in [7, 11) is -4.61. The summed E-state index contributed by atoms with van der Waals surface area (Å²) in [5, 5.41) is 7.06. The van der Waals surface area contributed by atoms with E-state index in [2.05, 4.69) is 4.33 Å². The van der Waals surface area contributed by atoms with Gasteiger partial charge in [-0.2, -0.15) is 8.42 Å². The van der Waals surface area contributed by atoms with Gasteiger partial charge in [-0.1, -0.05) is 4.33 Å². The smallest absolute Gasteiger partial charge is 0.262 e. The lowest BCUT2D eigenvalue weighted by Crippen LogP contribution is -1.97. The van der Waals surface area contributed by atoms with Crippen LogP contribution in [-0.4, -0.2) is 18.2 Å². The largest absolute Gasteiger partial charge is 0.423 e. The molecule has 0 unspecified atom stereocenters. The predicted molar refractivity (Wildman–Crippen MR) is 29.8 cm³/mol. The number of halogens is 2. The van der Waals surface area contributed by atoms with Crippen LogP contribution in [0.3, 0.4) is 0 Å². The van der Waals surface area contributed by atoms with E-state index in [1.807, 2.05) is 0 Å². The SMILES string of the molecule is Cl.Cl.O=S(=O)(O)OO. The van der Waals surface area contributed by atoms with Gasteiger partial charge in [0.05, 0.1) is 0 Å². The molecule has 5 nitrogen and oxygen atoms in total. The first-order chi connectivity index (χ1) is 2.56. The molecule has 54 valence electrons. The van der Waals surface area contributed by atoms with Crippen molar-refractivity contribution in [1.82, 2.24) is 0 Å². The molecule has 0 amide bonds. The maximum Gasteiger partial charge on any atom is 0.423 e. The minimum atomic E-state index is -4.61. The van der Waals surface area contributed by atoms with Crippen molar-refractivity contribution in [2.75, 3.05) is 0 Å². The molecule has 0 fully saturated rings. The summed E-state index contributed by atoms with van der Waals surface area (Å²) in [4.78, 5) is 0. The number of rotatable bonds is 1. The molecule has 0 rings (SSSR count). The maximum absolute atomic E-state index is 9.08. The van der Waals surface area contributed by atoms with E-state index in [1.165, 1.54) is 0 Å². The van der Waals surface area contributed by atoms with Gasteiger partial charge in [0.1, 0.15) is 0 Å². The van der Waals surface area contributed by atoms with Gasteiger partial charge in [0.2, 0.25) is 0 Å². The van der Waals surface area contributed by atoms with Crippen LogP contribution in [0.4, 0.5) is 0 Å². The Balaban J connectivity index is -0.000000125. The third-order valence-electron chi connectivity index (χ3n) is 0.0942. The van der Waals surface area contributed by atoms with Crippen molar-refractivity contribution in [3.05, 3.63) is 0 Å². The molecule has 0 radical (unpaired) electrons. The molecule has 0 saturated heterocycles. The summed E-state index contributed by atoms with van der Waals surface area (Å²) in [5.74, 6) is 0. The molecule has 2 N–H and O–H groups in total. The van der Waals surface area contributed by atoms with Crippen LogP contribution in [0, 0.1) is 0 Å². The average molecular weight is 187 g/mol. The fourth-order valence-electron chi connectivity index (χ4n) is 0. The number of hydrogen-bond donors (Lipinski definition) is 2. The molecule has 0 spiro atoms. The van der Waals surface area contributed by atoms with Crippen molar-refractivity contribution < 1.29 is 22.6 Å². The monoisotopic (exact) mass is 186 g/mol. The first-order valence-electron chi connectivity index (χ1n) is 0.865. The fourth-order valence-corrected chi connectivity index (χ4v) is 0. The molecule has 0 heterocycles. The minimum Gasteiger partial charge on any atom is -0.262 e. The van der Waals surface area contributed by atoms with Crippen LogP contribution in [0.1, 0.15) is 0 Å². The lowest BCUT2D eigenvalue weighted by atomic mass is 15.0. The maximum atomic E-state index is 9.08. The molecule has 0 bridgehead atoms. The molecule has 8 heteroatoms. The zero-order chi connectivity index (χ0) is 5.21. The Morgan fingerprint density at radius 3 is 1.38 bits per heavy atom. The Morgan fingerprint density at radius 1 is 1.25 bits per heavy atom. The Morgan fingerprint density at radius 2 is 1.38 bits per heavy atom. The second-order valence-electron chi connectivity index (χ2n) is 0.502. The lowest BCUT2D eigenvalue weighted by molar-refractivity contribution is -0.139. The van der Waals surface area contributed by atoms with E-state index in [0.717, 1.165) is 0 Å². The highest BCUT2D eigenvalue weighted by molar-refractivity contribution is 7.80. The molecular formula is H4Cl2O5S. The summed E-state index contributed by atoms with van der Waals surface area (Å²) >= 11 is 0. The normalized spacial score (nSPS) is 8.75. The van der Waals surface area contributed by atoms with Crippen molar-refractivity contribution in [2.45, 2.75) is 0 Å². The Labute approximate surface area is 58.4 Å². The van der Waals surface area contributed by atoms with E-state index >= 15 is 0 Å². The van der Waals surface area contributed by atoms with E-state index < -0.39 is 10.4 Å². The summed E-state index contributed by atoms with van der Waals surface area (Å²) in [6.07, 6.45) is 0. The van der Waals surface area contributed by atoms with Crippen molar-refractivity contribution in [3.63, 3.8) is 0 Å². The van der Waals surface area contributed by atoms with Crippen molar-refractivity contribution in [2.24, 2.45) is 0 Å². The summed E-state index contributed by atoms with van der Waals surface area (Å²) < 4.78 is 28.0.